The number of carbonyl (C=O) groups is 1. The standard InChI is InChI=1S/C14H19F2N3O2/c1-9(2)3-4-13(17)19-21-8-14(20)18-12-6-10(15)5-11(16)7-12/h5-7,9H,3-4,8H2,1-2H3,(H2,17,19)(H,18,20). The molecule has 0 atom stereocenters. The van der Waals surface area contributed by atoms with Gasteiger partial charge in [0, 0.05) is 18.2 Å². The third kappa shape index (κ3) is 7.24. The van der Waals surface area contributed by atoms with Gasteiger partial charge in [-0.05, 0) is 24.5 Å². The zero-order valence-corrected chi connectivity index (χ0v) is 12.0. The Kier molecular flexibility index (Phi) is 6.58. The summed E-state index contributed by atoms with van der Waals surface area (Å²) in [4.78, 5) is 16.3. The summed E-state index contributed by atoms with van der Waals surface area (Å²) >= 11 is 0. The van der Waals surface area contributed by atoms with Crippen LogP contribution < -0.4 is 11.1 Å². The van der Waals surface area contributed by atoms with Gasteiger partial charge in [0.1, 0.15) is 17.5 Å². The van der Waals surface area contributed by atoms with Crippen LogP contribution in [0.4, 0.5) is 14.5 Å². The van der Waals surface area contributed by atoms with Crippen molar-refractivity contribution in [1.82, 2.24) is 0 Å². The zero-order valence-electron chi connectivity index (χ0n) is 12.0. The van der Waals surface area contributed by atoms with Crippen molar-refractivity contribution >= 4 is 17.4 Å². The molecule has 5 nitrogen and oxygen atoms in total. The number of nitrogens with zero attached hydrogens (tertiary/aromatic N) is 1. The second-order valence-corrected chi connectivity index (χ2v) is 4.99. The van der Waals surface area contributed by atoms with Crippen molar-refractivity contribution in [3.63, 3.8) is 0 Å². The number of rotatable bonds is 7. The first-order valence-corrected chi connectivity index (χ1v) is 6.57. The van der Waals surface area contributed by atoms with Gasteiger partial charge in [0.05, 0.1) is 0 Å². The molecule has 0 unspecified atom stereocenters. The van der Waals surface area contributed by atoms with Crippen molar-refractivity contribution < 1.29 is 18.4 Å². The topological polar surface area (TPSA) is 76.7 Å². The lowest BCUT2D eigenvalue weighted by Gasteiger charge is -2.06. The SMILES string of the molecule is CC(C)CC/C(N)=N/OCC(=O)Nc1cc(F)cc(F)c1. The summed E-state index contributed by atoms with van der Waals surface area (Å²) in [5, 5.41) is 5.89. The average molecular weight is 299 g/mol. The normalized spacial score (nSPS) is 11.6. The predicted molar refractivity (Wildman–Crippen MR) is 76.6 cm³/mol. The predicted octanol–water partition coefficient (Wildman–Crippen LogP) is 2.63. The van der Waals surface area contributed by atoms with Gasteiger partial charge in [0.25, 0.3) is 5.91 Å². The molecule has 0 saturated carbocycles. The lowest BCUT2D eigenvalue weighted by atomic mass is 10.1. The second kappa shape index (κ2) is 8.18. The Morgan fingerprint density at radius 3 is 2.52 bits per heavy atom. The number of oxime groups is 1. The lowest BCUT2D eigenvalue weighted by molar-refractivity contribution is -0.120. The average Bonchev–Trinajstić information content (AvgIpc) is 2.34. The molecule has 7 heteroatoms. The molecule has 0 bridgehead atoms. The minimum atomic E-state index is -0.776. The van der Waals surface area contributed by atoms with Crippen molar-refractivity contribution in [2.75, 3.05) is 11.9 Å². The van der Waals surface area contributed by atoms with Gasteiger partial charge in [-0.2, -0.15) is 0 Å². The Morgan fingerprint density at radius 1 is 1.33 bits per heavy atom. The zero-order chi connectivity index (χ0) is 15.8. The number of nitrogens with two attached hydrogens (primary N) is 1. The summed E-state index contributed by atoms with van der Waals surface area (Å²) in [5.41, 5.74) is 5.61. The summed E-state index contributed by atoms with van der Waals surface area (Å²) < 4.78 is 25.9. The van der Waals surface area contributed by atoms with Crippen LogP contribution in [0.5, 0.6) is 0 Å². The largest absolute Gasteiger partial charge is 0.384 e. The van der Waals surface area contributed by atoms with Gasteiger partial charge in [-0.15, -0.1) is 0 Å². The number of hydrogen-bond donors (Lipinski definition) is 2. The molecule has 0 saturated heterocycles. The highest BCUT2D eigenvalue weighted by atomic mass is 19.1. The molecule has 0 heterocycles. The fourth-order valence-corrected chi connectivity index (χ4v) is 1.48. The molecule has 0 fully saturated rings. The number of carbonyl (C=O) groups excluding carboxylic acids is 1. The van der Waals surface area contributed by atoms with Crippen molar-refractivity contribution in [2.24, 2.45) is 16.8 Å². The van der Waals surface area contributed by atoms with Crippen molar-refractivity contribution in [2.45, 2.75) is 26.7 Å². The molecule has 0 aliphatic carbocycles. The highest BCUT2D eigenvalue weighted by Gasteiger charge is 2.06. The van der Waals surface area contributed by atoms with Crippen molar-refractivity contribution in [1.29, 1.82) is 0 Å². The van der Waals surface area contributed by atoms with E-state index in [0.717, 1.165) is 18.6 Å². The van der Waals surface area contributed by atoms with Gasteiger partial charge >= 0.3 is 0 Å². The molecule has 0 radical (unpaired) electrons. The van der Waals surface area contributed by atoms with E-state index in [0.29, 0.717) is 24.2 Å². The molecular weight excluding hydrogens is 280 g/mol. The number of nitrogens with one attached hydrogen (secondary N) is 1. The van der Waals surface area contributed by atoms with Gasteiger partial charge in [-0.3, -0.25) is 4.79 Å². The fourth-order valence-electron chi connectivity index (χ4n) is 1.48. The van der Waals surface area contributed by atoms with Crippen LogP contribution in [-0.4, -0.2) is 18.3 Å². The number of hydrogen-bond acceptors (Lipinski definition) is 3. The number of amides is 1. The second-order valence-electron chi connectivity index (χ2n) is 4.99. The lowest BCUT2D eigenvalue weighted by Crippen LogP contribution is -2.19. The summed E-state index contributed by atoms with van der Waals surface area (Å²) in [6.45, 7) is 3.72. The van der Waals surface area contributed by atoms with Crippen LogP contribution in [0.15, 0.2) is 23.4 Å². The minimum absolute atomic E-state index is 0.0119. The molecule has 1 aromatic carbocycles. The van der Waals surface area contributed by atoms with Gasteiger partial charge in [-0.25, -0.2) is 8.78 Å². The third-order valence-electron chi connectivity index (χ3n) is 2.50. The van der Waals surface area contributed by atoms with Crippen molar-refractivity contribution in [3.8, 4) is 0 Å². The first kappa shape index (κ1) is 16.9. The van der Waals surface area contributed by atoms with Gasteiger partial charge < -0.3 is 15.9 Å². The maximum absolute atomic E-state index is 12.9. The molecular formula is C14H19F2N3O2. The highest BCUT2D eigenvalue weighted by molar-refractivity contribution is 5.91. The van der Waals surface area contributed by atoms with Crippen LogP contribution in [0, 0.1) is 17.6 Å². The van der Waals surface area contributed by atoms with E-state index >= 15 is 0 Å². The number of anilines is 1. The molecule has 116 valence electrons. The molecule has 0 aliphatic heterocycles. The molecule has 3 N–H and O–H groups in total. The van der Waals surface area contributed by atoms with E-state index in [1.807, 2.05) is 0 Å². The Balaban J connectivity index is 2.38. The third-order valence-corrected chi connectivity index (χ3v) is 2.50. The van der Waals surface area contributed by atoms with Gasteiger partial charge in [-0.1, -0.05) is 19.0 Å². The van der Waals surface area contributed by atoms with Crippen LogP contribution in [0.1, 0.15) is 26.7 Å². The quantitative estimate of drug-likeness (QED) is 0.461. The number of benzene rings is 1. The summed E-state index contributed by atoms with van der Waals surface area (Å²) in [6.07, 6.45) is 1.45. The molecule has 0 aromatic heterocycles. The first-order valence-electron chi connectivity index (χ1n) is 6.57. The maximum Gasteiger partial charge on any atom is 0.265 e. The molecule has 1 rings (SSSR count). The van der Waals surface area contributed by atoms with Crippen LogP contribution in [-0.2, 0) is 9.63 Å². The van der Waals surface area contributed by atoms with Crippen LogP contribution >= 0.6 is 0 Å². The molecule has 1 aromatic rings. The number of halogens is 2. The van der Waals surface area contributed by atoms with E-state index < -0.39 is 17.5 Å². The van der Waals surface area contributed by atoms with Gasteiger partial charge in [0.2, 0.25) is 0 Å². The Bertz CT molecular complexity index is 499. The van der Waals surface area contributed by atoms with Crippen LogP contribution in [0.3, 0.4) is 0 Å². The van der Waals surface area contributed by atoms with E-state index in [2.05, 4.69) is 24.3 Å². The van der Waals surface area contributed by atoms with E-state index in [9.17, 15) is 13.6 Å². The summed E-state index contributed by atoms with van der Waals surface area (Å²) in [5.74, 6) is -1.34. The summed E-state index contributed by atoms with van der Waals surface area (Å²) in [6, 6.07) is 2.72. The smallest absolute Gasteiger partial charge is 0.265 e. The minimum Gasteiger partial charge on any atom is -0.384 e. The highest BCUT2D eigenvalue weighted by Crippen LogP contribution is 2.12. The Morgan fingerprint density at radius 2 is 1.95 bits per heavy atom. The van der Waals surface area contributed by atoms with E-state index in [1.165, 1.54) is 0 Å². The molecule has 21 heavy (non-hydrogen) atoms. The fraction of sp³-hybridized carbons (Fsp3) is 0.429. The monoisotopic (exact) mass is 299 g/mol. The molecule has 0 aliphatic rings. The number of amidine groups is 1. The van der Waals surface area contributed by atoms with E-state index in [-0.39, 0.29) is 12.3 Å². The van der Waals surface area contributed by atoms with Crippen LogP contribution in [0.25, 0.3) is 0 Å². The van der Waals surface area contributed by atoms with E-state index in [4.69, 9.17) is 10.6 Å². The van der Waals surface area contributed by atoms with E-state index in [1.54, 1.807) is 0 Å². The van der Waals surface area contributed by atoms with Gasteiger partial charge in [0.15, 0.2) is 6.61 Å². The van der Waals surface area contributed by atoms with Crippen molar-refractivity contribution in [3.05, 3.63) is 29.8 Å². The molecule has 0 spiro atoms. The Hall–Kier alpha value is -2.18. The summed E-state index contributed by atoms with van der Waals surface area (Å²) in [7, 11) is 0. The maximum atomic E-state index is 12.9. The Labute approximate surface area is 122 Å². The van der Waals surface area contributed by atoms with Crippen LogP contribution in [0.2, 0.25) is 0 Å². The molecule has 1 amide bonds. The first-order chi connectivity index (χ1) is 9.86.